The minimum atomic E-state index is -0.818. The zero-order chi connectivity index (χ0) is 12.7. The Morgan fingerprint density at radius 3 is 2.61 bits per heavy atom. The summed E-state index contributed by atoms with van der Waals surface area (Å²) in [5, 5.41) is 13.7. The number of hydrogen-bond acceptors (Lipinski definition) is 5. The molecule has 2 saturated heterocycles. The third-order valence-electron chi connectivity index (χ3n) is 3.39. The molecular formula is C12H13NO4S. The Morgan fingerprint density at radius 2 is 2.06 bits per heavy atom. The lowest BCUT2D eigenvalue weighted by atomic mass is 10.1. The van der Waals surface area contributed by atoms with E-state index in [-0.39, 0.29) is 18.4 Å². The molecule has 2 aliphatic heterocycles. The van der Waals surface area contributed by atoms with Crippen molar-refractivity contribution in [1.29, 1.82) is 0 Å². The van der Waals surface area contributed by atoms with Crippen LogP contribution in [0, 0.1) is 0 Å². The van der Waals surface area contributed by atoms with E-state index in [9.17, 15) is 14.7 Å². The summed E-state index contributed by atoms with van der Waals surface area (Å²) in [5.41, 5.74) is 0.736. The molecule has 0 spiro atoms. The maximum absolute atomic E-state index is 12.0. The van der Waals surface area contributed by atoms with Crippen molar-refractivity contribution in [1.82, 2.24) is 4.90 Å². The molecule has 2 bridgehead atoms. The summed E-state index contributed by atoms with van der Waals surface area (Å²) in [7, 11) is 0. The Balaban J connectivity index is 1.76. The van der Waals surface area contributed by atoms with Gasteiger partial charge in [0.25, 0.3) is 11.8 Å². The van der Waals surface area contributed by atoms with E-state index in [0.717, 1.165) is 10.5 Å². The van der Waals surface area contributed by atoms with E-state index in [2.05, 4.69) is 0 Å². The number of thiophene rings is 1. The molecule has 3 rings (SSSR count). The van der Waals surface area contributed by atoms with E-state index in [0.29, 0.717) is 12.8 Å². The number of ether oxygens (including phenoxy) is 1. The van der Waals surface area contributed by atoms with Gasteiger partial charge in [0.2, 0.25) is 0 Å². The first-order valence-electron chi connectivity index (χ1n) is 5.87. The lowest BCUT2D eigenvalue weighted by Crippen LogP contribution is -2.52. The van der Waals surface area contributed by atoms with Gasteiger partial charge in [-0.2, -0.15) is 11.3 Å². The van der Waals surface area contributed by atoms with Crippen LogP contribution in [0.2, 0.25) is 0 Å². The highest BCUT2D eigenvalue weighted by Gasteiger charge is 2.46. The largest absolute Gasteiger partial charge is 0.387 e. The molecule has 0 aromatic carbocycles. The molecule has 1 aromatic rings. The average Bonchev–Trinajstić information content (AvgIpc) is 3.01. The summed E-state index contributed by atoms with van der Waals surface area (Å²) >= 11 is 1.47. The van der Waals surface area contributed by atoms with Crippen molar-refractivity contribution in [2.24, 2.45) is 0 Å². The fraction of sp³-hybridized carbons (Fsp3) is 0.500. The standard InChI is InChI=1S/C12H13NO4S/c14-8(7-3-4-18-6-7)5-13-11(15)9-1-2-10(17-9)12(13)16/h3-4,6,8-10,14H,1-2,5H2. The normalized spacial score (nSPS) is 28.8. The van der Waals surface area contributed by atoms with Crippen LogP contribution in [0.25, 0.3) is 0 Å². The minimum Gasteiger partial charge on any atom is -0.387 e. The van der Waals surface area contributed by atoms with Crippen molar-refractivity contribution in [2.45, 2.75) is 31.2 Å². The van der Waals surface area contributed by atoms with Crippen molar-refractivity contribution in [3.8, 4) is 0 Å². The highest BCUT2D eigenvalue weighted by Crippen LogP contribution is 2.29. The summed E-state index contributed by atoms with van der Waals surface area (Å²) in [4.78, 5) is 25.1. The number of nitrogens with zero attached hydrogens (tertiary/aromatic N) is 1. The molecule has 5 nitrogen and oxygen atoms in total. The van der Waals surface area contributed by atoms with E-state index >= 15 is 0 Å². The number of carbonyl (C=O) groups is 2. The molecule has 1 aromatic heterocycles. The third-order valence-corrected chi connectivity index (χ3v) is 4.09. The first-order valence-corrected chi connectivity index (χ1v) is 6.82. The van der Waals surface area contributed by atoms with Crippen molar-refractivity contribution in [3.05, 3.63) is 22.4 Å². The molecule has 0 radical (unpaired) electrons. The topological polar surface area (TPSA) is 66.8 Å². The van der Waals surface area contributed by atoms with Crippen LogP contribution in [0.15, 0.2) is 16.8 Å². The smallest absolute Gasteiger partial charge is 0.258 e. The highest BCUT2D eigenvalue weighted by molar-refractivity contribution is 7.07. The molecule has 2 aliphatic rings. The number of aliphatic hydroxyl groups is 1. The van der Waals surface area contributed by atoms with E-state index in [1.54, 1.807) is 6.07 Å². The molecule has 2 fully saturated rings. The van der Waals surface area contributed by atoms with Gasteiger partial charge in [0.1, 0.15) is 12.2 Å². The van der Waals surface area contributed by atoms with Crippen LogP contribution in [0.3, 0.4) is 0 Å². The predicted molar refractivity (Wildman–Crippen MR) is 63.9 cm³/mol. The number of fused-ring (bicyclic) bond motifs is 2. The zero-order valence-corrected chi connectivity index (χ0v) is 10.4. The predicted octanol–water partition coefficient (Wildman–Crippen LogP) is 0.698. The Labute approximate surface area is 108 Å². The number of rotatable bonds is 3. The number of likely N-dealkylation sites (tertiary alicyclic amines) is 1. The van der Waals surface area contributed by atoms with Gasteiger partial charge in [0, 0.05) is 0 Å². The monoisotopic (exact) mass is 267 g/mol. The van der Waals surface area contributed by atoms with E-state index in [1.807, 2.05) is 10.8 Å². The quantitative estimate of drug-likeness (QED) is 0.819. The van der Waals surface area contributed by atoms with Crippen LogP contribution in [-0.4, -0.2) is 40.6 Å². The summed E-state index contributed by atoms with van der Waals surface area (Å²) in [6.07, 6.45) is -0.619. The summed E-state index contributed by atoms with van der Waals surface area (Å²) in [6.45, 7) is 0.0186. The van der Waals surface area contributed by atoms with Crippen molar-refractivity contribution >= 4 is 23.2 Å². The Bertz CT molecular complexity index is 450. The number of imide groups is 1. The fourth-order valence-corrected chi connectivity index (χ4v) is 3.09. The maximum atomic E-state index is 12.0. The van der Waals surface area contributed by atoms with Crippen molar-refractivity contribution < 1.29 is 19.4 Å². The van der Waals surface area contributed by atoms with Crippen LogP contribution < -0.4 is 0 Å². The fourth-order valence-electron chi connectivity index (χ4n) is 2.38. The molecule has 3 atom stereocenters. The Kier molecular flexibility index (Phi) is 2.93. The van der Waals surface area contributed by atoms with Crippen LogP contribution in [0.1, 0.15) is 24.5 Å². The second-order valence-corrected chi connectivity index (χ2v) is 5.33. The summed E-state index contributed by atoms with van der Waals surface area (Å²) < 4.78 is 5.30. The average molecular weight is 267 g/mol. The highest BCUT2D eigenvalue weighted by atomic mass is 32.1. The van der Waals surface area contributed by atoms with Gasteiger partial charge < -0.3 is 9.84 Å². The lowest BCUT2D eigenvalue weighted by molar-refractivity contribution is -0.170. The van der Waals surface area contributed by atoms with Gasteiger partial charge in [-0.1, -0.05) is 0 Å². The molecule has 6 heteroatoms. The van der Waals surface area contributed by atoms with Gasteiger partial charge in [-0.05, 0) is 35.2 Å². The minimum absolute atomic E-state index is 0.0186. The van der Waals surface area contributed by atoms with E-state index in [4.69, 9.17) is 4.74 Å². The third kappa shape index (κ3) is 1.86. The lowest BCUT2D eigenvalue weighted by Gasteiger charge is -2.31. The second-order valence-electron chi connectivity index (χ2n) is 4.55. The van der Waals surface area contributed by atoms with E-state index < -0.39 is 18.3 Å². The SMILES string of the molecule is O=C1C2CCC(O2)C(=O)N1CC(O)c1ccsc1. The first kappa shape index (κ1) is 11.8. The summed E-state index contributed by atoms with van der Waals surface area (Å²) in [5.74, 6) is -0.633. The van der Waals surface area contributed by atoms with Gasteiger partial charge in [0.05, 0.1) is 12.6 Å². The van der Waals surface area contributed by atoms with Crippen LogP contribution >= 0.6 is 11.3 Å². The molecule has 3 heterocycles. The number of aliphatic hydroxyl groups excluding tert-OH is 1. The van der Waals surface area contributed by atoms with E-state index in [1.165, 1.54) is 11.3 Å². The molecule has 3 unspecified atom stereocenters. The molecule has 18 heavy (non-hydrogen) atoms. The van der Waals surface area contributed by atoms with Crippen LogP contribution in [0.5, 0.6) is 0 Å². The Hall–Kier alpha value is -1.24. The van der Waals surface area contributed by atoms with Crippen molar-refractivity contribution in [2.75, 3.05) is 6.54 Å². The van der Waals surface area contributed by atoms with Gasteiger partial charge in [-0.15, -0.1) is 0 Å². The van der Waals surface area contributed by atoms with Gasteiger partial charge in [-0.25, -0.2) is 0 Å². The van der Waals surface area contributed by atoms with Gasteiger partial charge >= 0.3 is 0 Å². The second kappa shape index (κ2) is 4.46. The molecule has 1 N–H and O–H groups in total. The van der Waals surface area contributed by atoms with Crippen LogP contribution in [-0.2, 0) is 14.3 Å². The number of amides is 2. The van der Waals surface area contributed by atoms with Crippen LogP contribution in [0.4, 0.5) is 0 Å². The first-order chi connectivity index (χ1) is 8.66. The number of carbonyl (C=O) groups excluding carboxylic acids is 2. The summed E-state index contributed by atoms with van der Waals surface area (Å²) in [6, 6.07) is 1.79. The maximum Gasteiger partial charge on any atom is 0.258 e. The zero-order valence-electron chi connectivity index (χ0n) is 9.61. The molecule has 0 saturated carbocycles. The van der Waals surface area contributed by atoms with Gasteiger partial charge in [-0.3, -0.25) is 14.5 Å². The number of hydrogen-bond donors (Lipinski definition) is 1. The number of morpholine rings is 1. The molecule has 2 amide bonds. The molecule has 96 valence electrons. The van der Waals surface area contributed by atoms with Crippen molar-refractivity contribution in [3.63, 3.8) is 0 Å². The van der Waals surface area contributed by atoms with Gasteiger partial charge in [0.15, 0.2) is 0 Å². The molecular weight excluding hydrogens is 254 g/mol. The Morgan fingerprint density at radius 1 is 1.39 bits per heavy atom. The molecule has 0 aliphatic carbocycles. The number of β-amino-alcohol motifs (C(OH)–C–C–N with tert-alkyl or cyclic N) is 1.